The van der Waals surface area contributed by atoms with Gasteiger partial charge >= 0.3 is 0 Å². The van der Waals surface area contributed by atoms with E-state index in [1.165, 1.54) is 12.1 Å². The van der Waals surface area contributed by atoms with Crippen LogP contribution in [-0.2, 0) is 11.2 Å². The zero-order valence-electron chi connectivity index (χ0n) is 13.3. The lowest BCUT2D eigenvalue weighted by Crippen LogP contribution is -2.45. The van der Waals surface area contributed by atoms with E-state index in [1.807, 2.05) is 11.8 Å². The molecule has 2 aromatic rings. The van der Waals surface area contributed by atoms with Crippen LogP contribution in [0.1, 0.15) is 25.5 Å². The minimum Gasteiger partial charge on any atom is -0.343 e. The maximum atomic E-state index is 12.0. The molecule has 0 aliphatic carbocycles. The van der Waals surface area contributed by atoms with E-state index in [1.54, 1.807) is 18.2 Å². The van der Waals surface area contributed by atoms with E-state index in [-0.39, 0.29) is 23.0 Å². The number of fused-ring (bicyclic) bond motifs is 3. The van der Waals surface area contributed by atoms with Crippen molar-refractivity contribution in [3.8, 4) is 0 Å². The third-order valence-corrected chi connectivity index (χ3v) is 4.25. The fourth-order valence-electron chi connectivity index (χ4n) is 2.97. The van der Waals surface area contributed by atoms with E-state index in [0.29, 0.717) is 0 Å². The molecule has 24 heavy (non-hydrogen) atoms. The Kier molecular flexibility index (Phi) is 4.94. The zero-order chi connectivity index (χ0) is 17.1. The van der Waals surface area contributed by atoms with Crippen LogP contribution in [0.2, 0.25) is 5.28 Å². The van der Waals surface area contributed by atoms with E-state index in [0.717, 1.165) is 43.0 Å². The second-order valence-corrected chi connectivity index (χ2v) is 5.97. The lowest BCUT2D eigenvalue weighted by molar-refractivity contribution is -0.117. The molecule has 5 nitrogen and oxygen atoms in total. The summed E-state index contributed by atoms with van der Waals surface area (Å²) < 4.78 is 11.9. The number of hydrogen-bond donors (Lipinski definition) is 1. The molecule has 1 aromatic heterocycles. The number of rotatable bonds is 1. The molecule has 0 radical (unpaired) electrons. The quantitative estimate of drug-likeness (QED) is 0.802. The van der Waals surface area contributed by atoms with E-state index in [2.05, 4.69) is 15.3 Å². The molecule has 4 rings (SSSR count). The fraction of sp³-hybridized carbons (Fsp3) is 0.353. The molecule has 1 atom stereocenters. The Balaban J connectivity index is 0.000000203. The van der Waals surface area contributed by atoms with E-state index >= 15 is 0 Å². The topological polar surface area (TPSA) is 58.1 Å². The number of halogens is 2. The van der Waals surface area contributed by atoms with Crippen molar-refractivity contribution in [3.63, 3.8) is 0 Å². The van der Waals surface area contributed by atoms with Crippen molar-refractivity contribution in [2.24, 2.45) is 0 Å². The molecule has 2 aliphatic heterocycles. The van der Waals surface area contributed by atoms with Crippen LogP contribution in [0, 0.1) is 5.82 Å². The highest BCUT2D eigenvalue weighted by Gasteiger charge is 2.38. The Bertz CT molecular complexity index is 741. The third kappa shape index (κ3) is 3.33. The Hall–Kier alpha value is -2.21. The van der Waals surface area contributed by atoms with Crippen LogP contribution in [0.4, 0.5) is 15.9 Å². The fourth-order valence-corrected chi connectivity index (χ4v) is 3.15. The normalized spacial score (nSPS) is 18.2. The van der Waals surface area contributed by atoms with Crippen molar-refractivity contribution >= 4 is 29.0 Å². The lowest BCUT2D eigenvalue weighted by atomic mass is 10.1. The number of nitrogens with zero attached hydrogens (tertiary/aromatic N) is 3. The molecule has 7 heteroatoms. The van der Waals surface area contributed by atoms with Gasteiger partial charge in [0, 0.05) is 6.54 Å². The predicted octanol–water partition coefficient (Wildman–Crippen LogP) is 3.44. The number of hydrogen-bond acceptors (Lipinski definition) is 4. The SMILES string of the molecule is CCc1nc(Cl)nc2c1NC(=O)C1CCCN21.Fc1ccccc1. The summed E-state index contributed by atoms with van der Waals surface area (Å²) in [5.41, 5.74) is 1.54. The first-order chi connectivity index (χ1) is 11.6. The Morgan fingerprint density at radius 2 is 2.08 bits per heavy atom. The summed E-state index contributed by atoms with van der Waals surface area (Å²) in [6.45, 7) is 2.85. The molecule has 1 unspecified atom stereocenters. The van der Waals surface area contributed by atoms with Crippen LogP contribution < -0.4 is 10.2 Å². The maximum Gasteiger partial charge on any atom is 0.247 e. The van der Waals surface area contributed by atoms with E-state index < -0.39 is 0 Å². The largest absolute Gasteiger partial charge is 0.343 e. The third-order valence-electron chi connectivity index (χ3n) is 4.08. The van der Waals surface area contributed by atoms with Crippen molar-refractivity contribution in [2.75, 3.05) is 16.8 Å². The Morgan fingerprint density at radius 3 is 2.71 bits per heavy atom. The highest BCUT2D eigenvalue weighted by molar-refractivity contribution is 6.28. The number of aromatic nitrogens is 2. The lowest BCUT2D eigenvalue weighted by Gasteiger charge is -2.32. The van der Waals surface area contributed by atoms with Gasteiger partial charge in [0.05, 0.1) is 5.69 Å². The van der Waals surface area contributed by atoms with Crippen LogP contribution in [0.15, 0.2) is 30.3 Å². The van der Waals surface area contributed by atoms with Gasteiger partial charge < -0.3 is 10.2 Å². The van der Waals surface area contributed by atoms with Crippen LogP contribution in [0.3, 0.4) is 0 Å². The molecule has 0 bridgehead atoms. The Morgan fingerprint density at radius 1 is 1.33 bits per heavy atom. The van der Waals surface area contributed by atoms with Crippen LogP contribution in [0.5, 0.6) is 0 Å². The average molecular weight is 349 g/mol. The molecule has 0 spiro atoms. The summed E-state index contributed by atoms with van der Waals surface area (Å²) in [6, 6.07) is 7.85. The minimum absolute atomic E-state index is 0.0515. The van der Waals surface area contributed by atoms with Gasteiger partial charge in [-0.25, -0.2) is 9.37 Å². The second-order valence-electron chi connectivity index (χ2n) is 5.63. The molecule has 2 aliphatic rings. The number of amides is 1. The summed E-state index contributed by atoms with van der Waals surface area (Å²) in [7, 11) is 0. The molecule has 0 saturated carbocycles. The van der Waals surface area contributed by atoms with Crippen molar-refractivity contribution < 1.29 is 9.18 Å². The van der Waals surface area contributed by atoms with Crippen LogP contribution in [0.25, 0.3) is 0 Å². The minimum atomic E-state index is -0.178. The number of carbonyl (C=O) groups excluding carboxylic acids is 1. The van der Waals surface area contributed by atoms with Crippen molar-refractivity contribution in [1.82, 2.24) is 9.97 Å². The standard InChI is InChI=1S/C11H13ClN4O.C6H5F/c1-2-6-8-9(15-11(12)13-6)16-5-3-4-7(16)10(17)14-8;7-6-4-2-1-3-5-6/h7H,2-5H2,1H3,(H,14,17);1-5H. The second kappa shape index (κ2) is 7.13. The molecule has 1 fully saturated rings. The molecule has 1 amide bonds. The Labute approximate surface area is 144 Å². The van der Waals surface area contributed by atoms with Gasteiger partial charge in [-0.1, -0.05) is 25.1 Å². The summed E-state index contributed by atoms with van der Waals surface area (Å²) in [5.74, 6) is 0.655. The maximum absolute atomic E-state index is 12.0. The number of anilines is 2. The smallest absolute Gasteiger partial charge is 0.247 e. The monoisotopic (exact) mass is 348 g/mol. The highest BCUT2D eigenvalue weighted by Crippen LogP contribution is 2.37. The van der Waals surface area contributed by atoms with Gasteiger partial charge in [-0.05, 0) is 43.0 Å². The zero-order valence-corrected chi connectivity index (χ0v) is 14.1. The van der Waals surface area contributed by atoms with E-state index in [9.17, 15) is 9.18 Å². The molecule has 1 aromatic carbocycles. The van der Waals surface area contributed by atoms with Gasteiger partial charge in [-0.15, -0.1) is 0 Å². The number of carbonyl (C=O) groups is 1. The van der Waals surface area contributed by atoms with Crippen LogP contribution >= 0.6 is 11.6 Å². The van der Waals surface area contributed by atoms with Crippen molar-refractivity contribution in [2.45, 2.75) is 32.2 Å². The average Bonchev–Trinajstić information content (AvgIpc) is 3.07. The summed E-state index contributed by atoms with van der Waals surface area (Å²) in [4.78, 5) is 22.4. The van der Waals surface area contributed by atoms with Crippen molar-refractivity contribution in [1.29, 1.82) is 0 Å². The first kappa shape index (κ1) is 16.6. The van der Waals surface area contributed by atoms with Gasteiger partial charge in [0.2, 0.25) is 11.2 Å². The van der Waals surface area contributed by atoms with Gasteiger partial charge in [0.15, 0.2) is 5.82 Å². The number of nitrogens with one attached hydrogen (secondary N) is 1. The molecule has 3 heterocycles. The summed E-state index contributed by atoms with van der Waals surface area (Å²) in [5, 5.41) is 3.17. The van der Waals surface area contributed by atoms with Gasteiger partial charge in [-0.3, -0.25) is 4.79 Å². The highest BCUT2D eigenvalue weighted by atomic mass is 35.5. The van der Waals surface area contributed by atoms with Gasteiger partial charge in [0.25, 0.3) is 0 Å². The van der Waals surface area contributed by atoms with E-state index in [4.69, 9.17) is 11.6 Å². The first-order valence-electron chi connectivity index (χ1n) is 7.94. The first-order valence-corrected chi connectivity index (χ1v) is 8.32. The van der Waals surface area contributed by atoms with Crippen LogP contribution in [-0.4, -0.2) is 28.5 Å². The molecule has 1 N–H and O–H groups in total. The van der Waals surface area contributed by atoms with Gasteiger partial charge in [-0.2, -0.15) is 4.98 Å². The summed E-state index contributed by atoms with van der Waals surface area (Å²) in [6.07, 6.45) is 2.62. The van der Waals surface area contributed by atoms with Gasteiger partial charge in [0.1, 0.15) is 17.5 Å². The van der Waals surface area contributed by atoms with Crippen molar-refractivity contribution in [3.05, 3.63) is 47.1 Å². The molecular formula is C17H18ClFN4O. The molecular weight excluding hydrogens is 331 g/mol. The predicted molar refractivity (Wildman–Crippen MR) is 91.8 cm³/mol. The number of aryl methyl sites for hydroxylation is 1. The number of benzene rings is 1. The molecule has 1 saturated heterocycles. The summed E-state index contributed by atoms with van der Waals surface area (Å²) >= 11 is 5.93. The molecule has 126 valence electrons.